The summed E-state index contributed by atoms with van der Waals surface area (Å²) in [6, 6.07) is 7.01. The molecule has 2 atom stereocenters. The van der Waals surface area contributed by atoms with Crippen molar-refractivity contribution in [2.24, 2.45) is 0 Å². The number of para-hydroxylation sites is 1. The quantitative estimate of drug-likeness (QED) is 0.510. The standard InChI is InChI=1S/C22H27NO8/c1-27-8-6-23-22(26)19-12-15(13-20(31-19)29-11-10-28-9-7-24)17-14-30-18-5-3-2-4-16(18)21(17)25/h2-5,12,14-15,20,24H,6-11,13H2,1H3,(H,23,26). The highest BCUT2D eigenvalue weighted by Crippen LogP contribution is 2.31. The minimum atomic E-state index is -0.748. The average Bonchev–Trinajstić information content (AvgIpc) is 2.79. The molecule has 9 heteroatoms. The van der Waals surface area contributed by atoms with Crippen molar-refractivity contribution in [1.29, 1.82) is 0 Å². The third kappa shape index (κ3) is 6.14. The number of hydrogen-bond donors (Lipinski definition) is 2. The molecule has 1 aromatic carbocycles. The molecule has 2 N–H and O–H groups in total. The Balaban J connectivity index is 1.80. The molecule has 0 saturated heterocycles. The van der Waals surface area contributed by atoms with Gasteiger partial charge in [-0.05, 0) is 18.2 Å². The fourth-order valence-corrected chi connectivity index (χ4v) is 3.24. The first-order chi connectivity index (χ1) is 15.1. The molecule has 2 unspecified atom stereocenters. The molecule has 168 valence electrons. The van der Waals surface area contributed by atoms with E-state index >= 15 is 0 Å². The molecule has 1 aromatic heterocycles. The number of carbonyl (C=O) groups is 1. The average molecular weight is 433 g/mol. The second kappa shape index (κ2) is 11.6. The zero-order valence-corrected chi connectivity index (χ0v) is 17.4. The van der Waals surface area contributed by atoms with E-state index in [1.165, 1.54) is 6.26 Å². The number of ether oxygens (including phenoxy) is 4. The van der Waals surface area contributed by atoms with E-state index in [1.54, 1.807) is 37.5 Å². The van der Waals surface area contributed by atoms with E-state index in [2.05, 4.69) is 5.32 Å². The first-order valence-electron chi connectivity index (χ1n) is 10.1. The topological polar surface area (TPSA) is 116 Å². The fraction of sp³-hybridized carbons (Fsp3) is 0.455. The third-order valence-corrected chi connectivity index (χ3v) is 4.75. The third-order valence-electron chi connectivity index (χ3n) is 4.75. The lowest BCUT2D eigenvalue weighted by Crippen LogP contribution is -2.35. The van der Waals surface area contributed by atoms with Crippen LogP contribution in [0.4, 0.5) is 0 Å². The Morgan fingerprint density at radius 1 is 1.23 bits per heavy atom. The van der Waals surface area contributed by atoms with Gasteiger partial charge in [-0.1, -0.05) is 12.1 Å². The van der Waals surface area contributed by atoms with Crippen LogP contribution >= 0.6 is 0 Å². The molecule has 3 rings (SSSR count). The molecule has 0 bridgehead atoms. The van der Waals surface area contributed by atoms with Gasteiger partial charge in [0.25, 0.3) is 5.91 Å². The number of rotatable bonds is 11. The van der Waals surface area contributed by atoms with Gasteiger partial charge >= 0.3 is 0 Å². The van der Waals surface area contributed by atoms with Crippen LogP contribution in [-0.4, -0.2) is 64.0 Å². The summed E-state index contributed by atoms with van der Waals surface area (Å²) in [6.07, 6.45) is 2.63. The number of hydrogen-bond acceptors (Lipinski definition) is 8. The lowest BCUT2D eigenvalue weighted by atomic mass is 9.93. The Hall–Kier alpha value is -2.72. The van der Waals surface area contributed by atoms with Gasteiger partial charge in [0.2, 0.25) is 6.29 Å². The number of carbonyl (C=O) groups excluding carboxylic acids is 1. The van der Waals surface area contributed by atoms with Crippen molar-refractivity contribution in [2.45, 2.75) is 18.6 Å². The summed E-state index contributed by atoms with van der Waals surface area (Å²) in [5, 5.41) is 12.0. The van der Waals surface area contributed by atoms with E-state index < -0.39 is 18.1 Å². The maximum Gasteiger partial charge on any atom is 0.286 e. The fourth-order valence-electron chi connectivity index (χ4n) is 3.24. The highest BCUT2D eigenvalue weighted by atomic mass is 16.7. The van der Waals surface area contributed by atoms with Crippen LogP contribution in [0, 0.1) is 0 Å². The van der Waals surface area contributed by atoms with Crippen molar-refractivity contribution in [3.05, 3.63) is 58.2 Å². The van der Waals surface area contributed by atoms with Crippen molar-refractivity contribution in [2.75, 3.05) is 46.7 Å². The molecular formula is C22H27NO8. The van der Waals surface area contributed by atoms with Crippen LogP contribution in [0.25, 0.3) is 11.0 Å². The lowest BCUT2D eigenvalue weighted by molar-refractivity contribution is -0.151. The number of aliphatic hydroxyl groups excluding tert-OH is 1. The van der Waals surface area contributed by atoms with Crippen molar-refractivity contribution >= 4 is 16.9 Å². The van der Waals surface area contributed by atoms with Crippen LogP contribution in [0.15, 0.2) is 51.6 Å². The maximum absolute atomic E-state index is 13.0. The van der Waals surface area contributed by atoms with Crippen molar-refractivity contribution < 1.29 is 33.3 Å². The first kappa shape index (κ1) is 23.0. The Morgan fingerprint density at radius 3 is 2.87 bits per heavy atom. The smallest absolute Gasteiger partial charge is 0.286 e. The highest BCUT2D eigenvalue weighted by molar-refractivity contribution is 5.91. The Labute approximate surface area is 179 Å². The predicted octanol–water partition coefficient (Wildman–Crippen LogP) is 1.29. The molecule has 0 radical (unpaired) electrons. The molecule has 0 fully saturated rings. The number of nitrogens with one attached hydrogen (secondary N) is 1. The van der Waals surface area contributed by atoms with Crippen molar-refractivity contribution in [1.82, 2.24) is 5.32 Å². The number of amides is 1. The van der Waals surface area contributed by atoms with Crippen LogP contribution in [0.5, 0.6) is 0 Å². The van der Waals surface area contributed by atoms with Gasteiger partial charge in [-0.2, -0.15) is 0 Å². The molecule has 9 nitrogen and oxygen atoms in total. The van der Waals surface area contributed by atoms with Crippen LogP contribution in [-0.2, 0) is 23.7 Å². The van der Waals surface area contributed by atoms with Crippen LogP contribution in [0.2, 0.25) is 0 Å². The van der Waals surface area contributed by atoms with E-state index in [0.717, 1.165) is 0 Å². The molecule has 0 spiro atoms. The van der Waals surface area contributed by atoms with Gasteiger partial charge in [0, 0.05) is 31.6 Å². The summed E-state index contributed by atoms with van der Waals surface area (Å²) in [5.41, 5.74) is 0.766. The summed E-state index contributed by atoms with van der Waals surface area (Å²) in [6.45, 7) is 1.29. The molecule has 1 aliphatic heterocycles. The zero-order chi connectivity index (χ0) is 22.1. The molecule has 0 saturated carbocycles. The Kier molecular flexibility index (Phi) is 8.60. The second-order valence-corrected chi connectivity index (χ2v) is 6.89. The van der Waals surface area contributed by atoms with Gasteiger partial charge in [-0.3, -0.25) is 9.59 Å². The van der Waals surface area contributed by atoms with Gasteiger partial charge in [0.15, 0.2) is 11.2 Å². The van der Waals surface area contributed by atoms with Gasteiger partial charge in [-0.15, -0.1) is 0 Å². The molecule has 31 heavy (non-hydrogen) atoms. The summed E-state index contributed by atoms with van der Waals surface area (Å²) in [4.78, 5) is 25.6. The maximum atomic E-state index is 13.0. The normalized spacial score (nSPS) is 18.5. The summed E-state index contributed by atoms with van der Waals surface area (Å²) in [5.74, 6) is -0.778. The first-order valence-corrected chi connectivity index (χ1v) is 10.1. The van der Waals surface area contributed by atoms with E-state index in [0.29, 0.717) is 36.1 Å². The molecule has 1 aliphatic rings. The van der Waals surface area contributed by atoms with Gasteiger partial charge in [-0.25, -0.2) is 0 Å². The lowest BCUT2D eigenvalue weighted by Gasteiger charge is -2.29. The highest BCUT2D eigenvalue weighted by Gasteiger charge is 2.30. The van der Waals surface area contributed by atoms with Crippen LogP contribution in [0.1, 0.15) is 17.9 Å². The minimum Gasteiger partial charge on any atom is -0.464 e. The van der Waals surface area contributed by atoms with Gasteiger partial charge < -0.3 is 33.8 Å². The number of benzene rings is 1. The van der Waals surface area contributed by atoms with E-state index in [-0.39, 0.29) is 37.6 Å². The van der Waals surface area contributed by atoms with Gasteiger partial charge in [0.05, 0.1) is 44.7 Å². The monoisotopic (exact) mass is 433 g/mol. The number of aliphatic hydroxyl groups is 1. The minimum absolute atomic E-state index is 0.0705. The molecule has 2 heterocycles. The summed E-state index contributed by atoms with van der Waals surface area (Å²) >= 11 is 0. The predicted molar refractivity (Wildman–Crippen MR) is 112 cm³/mol. The molecular weight excluding hydrogens is 406 g/mol. The summed E-state index contributed by atoms with van der Waals surface area (Å²) in [7, 11) is 1.54. The number of methoxy groups -OCH3 is 1. The van der Waals surface area contributed by atoms with Crippen LogP contribution < -0.4 is 10.7 Å². The molecule has 2 aromatic rings. The second-order valence-electron chi connectivity index (χ2n) is 6.89. The van der Waals surface area contributed by atoms with Crippen molar-refractivity contribution in [3.8, 4) is 0 Å². The van der Waals surface area contributed by atoms with Gasteiger partial charge in [0.1, 0.15) is 5.58 Å². The Morgan fingerprint density at radius 2 is 2.06 bits per heavy atom. The SMILES string of the molecule is COCCNC(=O)C1=CC(c2coc3ccccc3c2=O)CC(OCCOCCO)O1. The van der Waals surface area contributed by atoms with E-state index in [4.69, 9.17) is 28.5 Å². The number of fused-ring (bicyclic) bond motifs is 1. The molecule has 1 amide bonds. The Bertz CT molecular complexity index is 954. The van der Waals surface area contributed by atoms with Crippen molar-refractivity contribution in [3.63, 3.8) is 0 Å². The number of allylic oxidation sites excluding steroid dienone is 1. The van der Waals surface area contributed by atoms with E-state index in [9.17, 15) is 9.59 Å². The summed E-state index contributed by atoms with van der Waals surface area (Å²) < 4.78 is 27.2. The van der Waals surface area contributed by atoms with E-state index in [1.807, 2.05) is 0 Å². The van der Waals surface area contributed by atoms with Crippen LogP contribution in [0.3, 0.4) is 0 Å². The zero-order valence-electron chi connectivity index (χ0n) is 17.4. The molecule has 0 aliphatic carbocycles. The largest absolute Gasteiger partial charge is 0.464 e.